The first-order chi connectivity index (χ1) is 15.9. The number of nitrogens with zero attached hydrogens (tertiary/aromatic N) is 1. The van der Waals surface area contributed by atoms with E-state index < -0.39 is 30.0 Å². The van der Waals surface area contributed by atoms with Crippen molar-refractivity contribution in [3.05, 3.63) is 48.2 Å². The molecule has 2 saturated carbocycles. The van der Waals surface area contributed by atoms with Crippen molar-refractivity contribution in [2.24, 2.45) is 22.7 Å². The maximum Gasteiger partial charge on any atom is 0.139 e. The minimum Gasteiger partial charge on any atom is -0.392 e. The molecule has 184 valence electrons. The lowest BCUT2D eigenvalue weighted by atomic mass is 9.58. The lowest BCUT2D eigenvalue weighted by molar-refractivity contribution is -0.144. The average Bonchev–Trinajstić information content (AvgIpc) is 2.96. The number of hydrogen-bond donors (Lipinski definition) is 2. The van der Waals surface area contributed by atoms with Crippen molar-refractivity contribution >= 4 is 22.5 Å². The molecular weight excluding hydrogens is 426 g/mol. The maximum atomic E-state index is 13.6. The Hall–Kier alpha value is -2.24. The molecule has 2 aliphatic carbocycles. The van der Waals surface area contributed by atoms with E-state index in [4.69, 9.17) is 0 Å². The highest BCUT2D eigenvalue weighted by Gasteiger charge is 2.53. The van der Waals surface area contributed by atoms with Gasteiger partial charge in [-0.15, -0.1) is 6.58 Å². The van der Waals surface area contributed by atoms with E-state index in [0.29, 0.717) is 32.2 Å². The Labute approximate surface area is 202 Å². The summed E-state index contributed by atoms with van der Waals surface area (Å²) < 4.78 is 2.15. The Morgan fingerprint density at radius 2 is 1.50 bits per heavy atom. The van der Waals surface area contributed by atoms with Crippen LogP contribution in [0, 0.1) is 29.6 Å². The van der Waals surface area contributed by atoms with E-state index in [9.17, 15) is 19.8 Å². The van der Waals surface area contributed by atoms with Gasteiger partial charge in [-0.3, -0.25) is 9.59 Å². The molecule has 1 aromatic heterocycles. The summed E-state index contributed by atoms with van der Waals surface area (Å²) in [6, 6.07) is 8.01. The first-order valence-electron chi connectivity index (χ1n) is 12.5. The van der Waals surface area contributed by atoms with Crippen LogP contribution in [0.25, 0.3) is 10.9 Å². The molecule has 5 nitrogen and oxygen atoms in total. The van der Waals surface area contributed by atoms with Crippen molar-refractivity contribution in [1.29, 1.82) is 0 Å². The Kier molecular flexibility index (Phi) is 6.41. The molecule has 4 rings (SSSR count). The topological polar surface area (TPSA) is 79.5 Å². The number of para-hydroxylation sites is 1. The van der Waals surface area contributed by atoms with Gasteiger partial charge in [-0.2, -0.15) is 0 Å². The number of carbonyl (C=O) groups is 2. The van der Waals surface area contributed by atoms with Gasteiger partial charge in [0.15, 0.2) is 0 Å². The van der Waals surface area contributed by atoms with Crippen molar-refractivity contribution in [2.75, 3.05) is 0 Å². The van der Waals surface area contributed by atoms with E-state index in [2.05, 4.69) is 11.1 Å². The molecule has 0 bridgehead atoms. The fourth-order valence-corrected chi connectivity index (χ4v) is 6.84. The van der Waals surface area contributed by atoms with E-state index in [0.717, 1.165) is 22.2 Å². The zero-order chi connectivity index (χ0) is 25.0. The summed E-state index contributed by atoms with van der Waals surface area (Å²) in [6.45, 7) is 14.5. The van der Waals surface area contributed by atoms with E-state index in [1.807, 2.05) is 65.0 Å². The predicted molar refractivity (Wildman–Crippen MR) is 135 cm³/mol. The van der Waals surface area contributed by atoms with Gasteiger partial charge < -0.3 is 14.8 Å². The lowest BCUT2D eigenvalue weighted by Gasteiger charge is -2.46. The maximum absolute atomic E-state index is 13.6. The molecule has 0 spiro atoms. The van der Waals surface area contributed by atoms with Crippen molar-refractivity contribution in [2.45, 2.75) is 85.0 Å². The molecule has 0 aliphatic heterocycles. The second-order valence-electron chi connectivity index (χ2n) is 12.2. The van der Waals surface area contributed by atoms with E-state index >= 15 is 0 Å². The predicted octanol–water partition coefficient (Wildman–Crippen LogP) is 4.95. The van der Waals surface area contributed by atoms with Gasteiger partial charge in [0, 0.05) is 41.9 Å². The van der Waals surface area contributed by atoms with Gasteiger partial charge in [-0.05, 0) is 42.2 Å². The second-order valence-corrected chi connectivity index (χ2v) is 12.2. The number of fused-ring (bicyclic) bond motifs is 1. The molecule has 2 aliphatic rings. The van der Waals surface area contributed by atoms with E-state index in [-0.39, 0.29) is 22.4 Å². The number of aromatic nitrogens is 1. The molecule has 1 unspecified atom stereocenters. The first-order valence-corrected chi connectivity index (χ1v) is 12.5. The summed E-state index contributed by atoms with van der Waals surface area (Å²) in [5.74, 6) is -2.05. The Bertz CT molecular complexity index is 1080. The number of aliphatic hydroxyl groups excluding tert-OH is 2. The highest BCUT2D eigenvalue weighted by Crippen LogP contribution is 2.51. The third-order valence-electron chi connectivity index (χ3n) is 8.10. The summed E-state index contributed by atoms with van der Waals surface area (Å²) in [5.41, 5.74) is 2.30. The molecule has 2 N–H and O–H groups in total. The van der Waals surface area contributed by atoms with Crippen molar-refractivity contribution in [3.63, 3.8) is 0 Å². The zero-order valence-corrected chi connectivity index (χ0v) is 21.2. The minimum atomic E-state index is -0.864. The molecule has 0 saturated heterocycles. The van der Waals surface area contributed by atoms with Gasteiger partial charge in [0.05, 0.1) is 24.0 Å². The van der Waals surface area contributed by atoms with Crippen molar-refractivity contribution in [1.82, 2.24) is 4.57 Å². The van der Waals surface area contributed by atoms with Gasteiger partial charge >= 0.3 is 0 Å². The van der Waals surface area contributed by atoms with Crippen LogP contribution in [0.5, 0.6) is 0 Å². The fraction of sp³-hybridized carbons (Fsp3) is 0.586. The Balaban J connectivity index is 1.95. The number of Topliss-reactive ketones (excluding diaryl/α,β-unsaturated/α-hetero) is 2. The summed E-state index contributed by atoms with van der Waals surface area (Å²) in [6.07, 6.45) is 1.81. The molecule has 5 atom stereocenters. The standard InChI is InChI=1S/C29H39NO4/c1-7-12-30-17(2)24(18-10-8-9-11-19(18)30)27(25-20(31)13-28(3,4)14-21(25)32)26-22(33)15-29(5,6)16-23(26)34/h7-11,20,22,25-27,31,33H,1,12-16H2,2-6H3/t20-,22-,25-,26+,27?/m0/s1. The van der Waals surface area contributed by atoms with Crippen LogP contribution in [0.15, 0.2) is 36.9 Å². The van der Waals surface area contributed by atoms with Gasteiger partial charge in [0.2, 0.25) is 0 Å². The summed E-state index contributed by atoms with van der Waals surface area (Å²) >= 11 is 0. The number of carbonyl (C=O) groups excluding carboxylic acids is 2. The van der Waals surface area contributed by atoms with Gasteiger partial charge in [0.25, 0.3) is 0 Å². The molecule has 0 amide bonds. The zero-order valence-electron chi connectivity index (χ0n) is 21.2. The highest BCUT2D eigenvalue weighted by molar-refractivity contribution is 5.92. The quantitative estimate of drug-likeness (QED) is 0.612. The van der Waals surface area contributed by atoms with Crippen LogP contribution in [0.1, 0.15) is 70.6 Å². The monoisotopic (exact) mass is 465 g/mol. The number of rotatable bonds is 5. The normalized spacial score (nSPS) is 29.9. The Morgan fingerprint density at radius 3 is 1.97 bits per heavy atom. The largest absolute Gasteiger partial charge is 0.392 e. The molecule has 2 fully saturated rings. The second kappa shape index (κ2) is 8.76. The number of benzene rings is 1. The average molecular weight is 466 g/mol. The van der Waals surface area contributed by atoms with Crippen molar-refractivity contribution < 1.29 is 19.8 Å². The third kappa shape index (κ3) is 4.29. The van der Waals surface area contributed by atoms with Crippen LogP contribution in [-0.4, -0.2) is 38.6 Å². The number of hydrogen-bond acceptors (Lipinski definition) is 4. The number of allylic oxidation sites excluding steroid dienone is 1. The Morgan fingerprint density at radius 1 is 1.00 bits per heavy atom. The lowest BCUT2D eigenvalue weighted by Crippen LogP contribution is -2.51. The fourth-order valence-electron chi connectivity index (χ4n) is 6.84. The third-order valence-corrected chi connectivity index (χ3v) is 8.10. The summed E-state index contributed by atoms with van der Waals surface area (Å²) in [7, 11) is 0. The SMILES string of the molecule is C=CCn1c(C)c(C([C@H]2C(=O)CC(C)(C)C[C@@H]2O)[C@@H]2C(=O)CC(C)(C)C[C@@H]2O)c2ccccc21. The van der Waals surface area contributed by atoms with Gasteiger partial charge in [-0.1, -0.05) is 52.0 Å². The number of ketones is 2. The first kappa shape index (κ1) is 24.9. The van der Waals surface area contributed by atoms with Crippen LogP contribution in [0.3, 0.4) is 0 Å². The molecule has 1 heterocycles. The molecule has 5 heteroatoms. The van der Waals surface area contributed by atoms with Crippen LogP contribution in [0.4, 0.5) is 0 Å². The molecule has 1 aromatic carbocycles. The molecule has 0 radical (unpaired) electrons. The number of aliphatic hydroxyl groups is 2. The molecule has 34 heavy (non-hydrogen) atoms. The van der Waals surface area contributed by atoms with Crippen molar-refractivity contribution in [3.8, 4) is 0 Å². The van der Waals surface area contributed by atoms with E-state index in [1.54, 1.807) is 0 Å². The van der Waals surface area contributed by atoms with Gasteiger partial charge in [0.1, 0.15) is 11.6 Å². The minimum absolute atomic E-state index is 0.0152. The van der Waals surface area contributed by atoms with E-state index in [1.165, 1.54) is 0 Å². The smallest absolute Gasteiger partial charge is 0.139 e. The van der Waals surface area contributed by atoms with Crippen LogP contribution in [0.2, 0.25) is 0 Å². The summed E-state index contributed by atoms with van der Waals surface area (Å²) in [5, 5.41) is 23.7. The van der Waals surface area contributed by atoms with Crippen LogP contribution >= 0.6 is 0 Å². The van der Waals surface area contributed by atoms with Crippen LogP contribution < -0.4 is 0 Å². The van der Waals surface area contributed by atoms with Crippen LogP contribution in [-0.2, 0) is 16.1 Å². The van der Waals surface area contributed by atoms with Gasteiger partial charge in [-0.25, -0.2) is 0 Å². The summed E-state index contributed by atoms with van der Waals surface area (Å²) in [4.78, 5) is 27.2. The molecular formula is C29H39NO4. The highest BCUT2D eigenvalue weighted by atomic mass is 16.3. The molecule has 2 aromatic rings.